The summed E-state index contributed by atoms with van der Waals surface area (Å²) in [5.41, 5.74) is 1.12. The van der Waals surface area contributed by atoms with E-state index in [2.05, 4.69) is 28.6 Å². The molecule has 0 bridgehead atoms. The van der Waals surface area contributed by atoms with Gasteiger partial charge in [-0.25, -0.2) is 4.99 Å². The van der Waals surface area contributed by atoms with Crippen LogP contribution in [0.5, 0.6) is 5.75 Å². The fourth-order valence-electron chi connectivity index (χ4n) is 2.65. The second kappa shape index (κ2) is 11.7. The molecule has 0 spiro atoms. The molecule has 140 valence electrons. The minimum atomic E-state index is 0.301. The van der Waals surface area contributed by atoms with Crippen LogP contribution in [0, 0.1) is 0 Å². The molecule has 2 rings (SSSR count). The lowest BCUT2D eigenvalue weighted by Gasteiger charge is -2.13. The van der Waals surface area contributed by atoms with E-state index in [1.807, 2.05) is 18.2 Å². The first-order valence-electron chi connectivity index (χ1n) is 9.16. The standard InChI is InChI=1S/C19H31N3O3/c1-3-20-19(22-14-16-7-4-8-17(13-16)23-2)21-10-6-11-24-15-18-9-5-12-25-18/h4,7-8,13,18H,3,5-6,9-12,14-15H2,1-2H3,(H2,20,21,22). The molecule has 1 aromatic carbocycles. The van der Waals surface area contributed by atoms with Crippen LogP contribution in [0.25, 0.3) is 0 Å². The van der Waals surface area contributed by atoms with E-state index in [0.29, 0.717) is 19.3 Å². The van der Waals surface area contributed by atoms with Crippen molar-refractivity contribution < 1.29 is 14.2 Å². The molecule has 1 heterocycles. The number of benzene rings is 1. The lowest BCUT2D eigenvalue weighted by atomic mass is 10.2. The molecule has 1 unspecified atom stereocenters. The van der Waals surface area contributed by atoms with Gasteiger partial charge in [-0.05, 0) is 43.9 Å². The highest BCUT2D eigenvalue weighted by atomic mass is 16.5. The Morgan fingerprint density at radius 1 is 1.36 bits per heavy atom. The largest absolute Gasteiger partial charge is 0.497 e. The molecule has 1 atom stereocenters. The van der Waals surface area contributed by atoms with Gasteiger partial charge < -0.3 is 24.8 Å². The van der Waals surface area contributed by atoms with E-state index in [4.69, 9.17) is 14.2 Å². The Morgan fingerprint density at radius 2 is 2.28 bits per heavy atom. The third-order valence-corrected chi connectivity index (χ3v) is 3.98. The van der Waals surface area contributed by atoms with Gasteiger partial charge in [-0.15, -0.1) is 0 Å². The van der Waals surface area contributed by atoms with Crippen molar-refractivity contribution in [3.8, 4) is 5.75 Å². The van der Waals surface area contributed by atoms with Crippen molar-refractivity contribution in [1.29, 1.82) is 0 Å². The Kier molecular flexibility index (Phi) is 9.15. The Bertz CT molecular complexity index is 516. The molecular weight excluding hydrogens is 318 g/mol. The number of hydrogen-bond acceptors (Lipinski definition) is 4. The van der Waals surface area contributed by atoms with Crippen molar-refractivity contribution in [2.45, 2.75) is 38.8 Å². The topological polar surface area (TPSA) is 64.1 Å². The molecule has 0 amide bonds. The van der Waals surface area contributed by atoms with Gasteiger partial charge in [0.05, 0.1) is 26.4 Å². The number of rotatable bonds is 10. The monoisotopic (exact) mass is 349 g/mol. The van der Waals surface area contributed by atoms with Crippen molar-refractivity contribution in [3.63, 3.8) is 0 Å². The average molecular weight is 349 g/mol. The fraction of sp³-hybridized carbons (Fsp3) is 0.632. The van der Waals surface area contributed by atoms with E-state index in [9.17, 15) is 0 Å². The van der Waals surface area contributed by atoms with Gasteiger partial charge in [-0.3, -0.25) is 0 Å². The van der Waals surface area contributed by atoms with Crippen LogP contribution in [-0.2, 0) is 16.0 Å². The highest BCUT2D eigenvalue weighted by Crippen LogP contribution is 2.13. The summed E-state index contributed by atoms with van der Waals surface area (Å²) in [6.07, 6.45) is 3.52. The first kappa shape index (κ1) is 19.5. The molecule has 1 aromatic rings. The number of nitrogens with zero attached hydrogens (tertiary/aromatic N) is 1. The Labute approximate surface area is 151 Å². The Balaban J connectivity index is 1.66. The van der Waals surface area contributed by atoms with Crippen LogP contribution in [0.2, 0.25) is 0 Å². The van der Waals surface area contributed by atoms with Crippen LogP contribution in [0.1, 0.15) is 31.7 Å². The number of hydrogen-bond donors (Lipinski definition) is 2. The van der Waals surface area contributed by atoms with E-state index in [-0.39, 0.29) is 0 Å². The summed E-state index contributed by atoms with van der Waals surface area (Å²) in [5, 5.41) is 6.61. The second-order valence-corrected chi connectivity index (χ2v) is 6.04. The summed E-state index contributed by atoms with van der Waals surface area (Å²) in [6, 6.07) is 7.98. The summed E-state index contributed by atoms with van der Waals surface area (Å²) >= 11 is 0. The highest BCUT2D eigenvalue weighted by Gasteiger charge is 2.14. The van der Waals surface area contributed by atoms with Gasteiger partial charge in [0.1, 0.15) is 5.75 Å². The summed E-state index contributed by atoms with van der Waals surface area (Å²) in [4.78, 5) is 4.62. The van der Waals surface area contributed by atoms with E-state index in [0.717, 1.165) is 62.8 Å². The van der Waals surface area contributed by atoms with E-state index >= 15 is 0 Å². The quantitative estimate of drug-likeness (QED) is 0.386. The Hall–Kier alpha value is -1.79. The number of ether oxygens (including phenoxy) is 3. The highest BCUT2D eigenvalue weighted by molar-refractivity contribution is 5.79. The van der Waals surface area contributed by atoms with Crippen LogP contribution in [-0.4, -0.2) is 52.1 Å². The third kappa shape index (κ3) is 7.75. The molecule has 0 radical (unpaired) electrons. The maximum Gasteiger partial charge on any atom is 0.191 e. The van der Waals surface area contributed by atoms with Gasteiger partial charge in [-0.1, -0.05) is 12.1 Å². The van der Waals surface area contributed by atoms with E-state index < -0.39 is 0 Å². The van der Waals surface area contributed by atoms with Crippen LogP contribution in [0.15, 0.2) is 29.3 Å². The van der Waals surface area contributed by atoms with Crippen molar-refractivity contribution in [1.82, 2.24) is 10.6 Å². The van der Waals surface area contributed by atoms with Gasteiger partial charge in [0.15, 0.2) is 5.96 Å². The summed E-state index contributed by atoms with van der Waals surface area (Å²) in [6.45, 7) is 6.67. The minimum Gasteiger partial charge on any atom is -0.497 e. The lowest BCUT2D eigenvalue weighted by Crippen LogP contribution is -2.38. The van der Waals surface area contributed by atoms with Crippen molar-refractivity contribution in [2.24, 2.45) is 4.99 Å². The number of methoxy groups -OCH3 is 1. The summed E-state index contributed by atoms with van der Waals surface area (Å²) < 4.78 is 16.5. The number of aliphatic imine (C=N–C) groups is 1. The maximum atomic E-state index is 5.67. The van der Waals surface area contributed by atoms with Gasteiger partial charge in [0.25, 0.3) is 0 Å². The predicted molar refractivity (Wildman–Crippen MR) is 100 cm³/mol. The summed E-state index contributed by atoms with van der Waals surface area (Å²) in [5.74, 6) is 1.68. The lowest BCUT2D eigenvalue weighted by molar-refractivity contribution is 0.0168. The van der Waals surface area contributed by atoms with Gasteiger partial charge in [-0.2, -0.15) is 0 Å². The smallest absolute Gasteiger partial charge is 0.191 e. The normalized spacial score (nSPS) is 17.5. The minimum absolute atomic E-state index is 0.301. The van der Waals surface area contributed by atoms with Crippen molar-refractivity contribution >= 4 is 5.96 Å². The molecule has 1 saturated heterocycles. The van der Waals surface area contributed by atoms with Crippen LogP contribution in [0.3, 0.4) is 0 Å². The third-order valence-electron chi connectivity index (χ3n) is 3.98. The Morgan fingerprint density at radius 3 is 3.04 bits per heavy atom. The zero-order valence-electron chi connectivity index (χ0n) is 15.4. The molecule has 25 heavy (non-hydrogen) atoms. The van der Waals surface area contributed by atoms with Gasteiger partial charge in [0.2, 0.25) is 0 Å². The first-order chi connectivity index (χ1) is 12.3. The molecule has 0 aliphatic carbocycles. The van der Waals surface area contributed by atoms with E-state index in [1.54, 1.807) is 7.11 Å². The molecule has 2 N–H and O–H groups in total. The van der Waals surface area contributed by atoms with Crippen LogP contribution in [0.4, 0.5) is 0 Å². The summed E-state index contributed by atoms with van der Waals surface area (Å²) in [7, 11) is 1.68. The molecule has 1 aliphatic rings. The SMILES string of the molecule is CCNC(=NCc1cccc(OC)c1)NCCCOCC1CCCO1. The molecule has 0 saturated carbocycles. The number of guanidine groups is 1. The zero-order valence-corrected chi connectivity index (χ0v) is 15.4. The fourth-order valence-corrected chi connectivity index (χ4v) is 2.65. The van der Waals surface area contributed by atoms with E-state index in [1.165, 1.54) is 0 Å². The first-order valence-corrected chi connectivity index (χ1v) is 9.16. The second-order valence-electron chi connectivity index (χ2n) is 6.04. The molecule has 0 aromatic heterocycles. The number of nitrogens with one attached hydrogen (secondary N) is 2. The molecule has 6 heteroatoms. The van der Waals surface area contributed by atoms with Crippen molar-refractivity contribution in [2.75, 3.05) is 40.0 Å². The molecular formula is C19H31N3O3. The van der Waals surface area contributed by atoms with Crippen LogP contribution >= 0.6 is 0 Å². The van der Waals surface area contributed by atoms with Gasteiger partial charge in [0, 0.05) is 26.3 Å². The molecule has 1 aliphatic heterocycles. The predicted octanol–water partition coefficient (Wildman–Crippen LogP) is 2.34. The average Bonchev–Trinajstić information content (AvgIpc) is 3.16. The van der Waals surface area contributed by atoms with Crippen molar-refractivity contribution in [3.05, 3.63) is 29.8 Å². The molecule has 1 fully saturated rings. The van der Waals surface area contributed by atoms with Crippen LogP contribution < -0.4 is 15.4 Å². The van der Waals surface area contributed by atoms with Gasteiger partial charge >= 0.3 is 0 Å². The maximum absolute atomic E-state index is 5.67. The zero-order chi connectivity index (χ0) is 17.7. The molecule has 6 nitrogen and oxygen atoms in total.